The highest BCUT2D eigenvalue weighted by Gasteiger charge is 2.11. The van der Waals surface area contributed by atoms with Crippen LogP contribution in [0.4, 0.5) is 0 Å². The highest BCUT2D eigenvalue weighted by Crippen LogP contribution is 2.28. The maximum absolute atomic E-state index is 6.06. The van der Waals surface area contributed by atoms with Crippen LogP contribution in [0.5, 0.6) is 0 Å². The number of aromatic nitrogens is 3. The molecule has 0 aliphatic rings. The number of benzene rings is 1. The lowest BCUT2D eigenvalue weighted by atomic mass is 10.1. The third kappa shape index (κ3) is 2.00. The maximum atomic E-state index is 6.06. The molecule has 0 saturated heterocycles. The molecular weight excluding hydrogens is 337 g/mol. The monoisotopic (exact) mass is 341 g/mol. The van der Waals surface area contributed by atoms with Crippen LogP contribution in [0.15, 0.2) is 41.0 Å². The first-order chi connectivity index (χ1) is 8.65. The van der Waals surface area contributed by atoms with Crippen LogP contribution in [0.3, 0.4) is 0 Å². The van der Waals surface area contributed by atoms with Crippen LogP contribution in [-0.4, -0.2) is 14.6 Å². The van der Waals surface area contributed by atoms with Crippen molar-refractivity contribution in [1.29, 1.82) is 0 Å². The summed E-state index contributed by atoms with van der Waals surface area (Å²) >= 11 is 15.4. The zero-order valence-corrected chi connectivity index (χ0v) is 12.0. The highest BCUT2D eigenvalue weighted by atomic mass is 79.9. The van der Waals surface area contributed by atoms with Crippen molar-refractivity contribution in [3.8, 4) is 11.1 Å². The average Bonchev–Trinajstić information content (AvgIpc) is 2.72. The number of fused-ring (bicyclic) bond motifs is 1. The minimum atomic E-state index is 0.351. The van der Waals surface area contributed by atoms with Crippen molar-refractivity contribution in [1.82, 2.24) is 14.6 Å². The first-order valence-electron chi connectivity index (χ1n) is 5.11. The highest BCUT2D eigenvalue weighted by molar-refractivity contribution is 9.10. The first kappa shape index (κ1) is 12.0. The lowest BCUT2D eigenvalue weighted by Crippen LogP contribution is -1.92. The van der Waals surface area contributed by atoms with Gasteiger partial charge in [0, 0.05) is 16.1 Å². The number of hydrogen-bond acceptors (Lipinski definition) is 2. The van der Waals surface area contributed by atoms with E-state index < -0.39 is 0 Å². The van der Waals surface area contributed by atoms with Crippen LogP contribution >= 0.6 is 39.1 Å². The summed E-state index contributed by atoms with van der Waals surface area (Å²) in [7, 11) is 0. The van der Waals surface area contributed by atoms with E-state index in [-0.39, 0.29) is 0 Å². The number of nitrogens with zero attached hydrogens (tertiary/aromatic N) is 3. The molecule has 2 aromatic heterocycles. The van der Waals surface area contributed by atoms with Gasteiger partial charge < -0.3 is 0 Å². The molecule has 0 amide bonds. The molecular formula is C12H6BrCl2N3. The zero-order chi connectivity index (χ0) is 12.7. The van der Waals surface area contributed by atoms with Crippen LogP contribution < -0.4 is 0 Å². The molecule has 6 heteroatoms. The van der Waals surface area contributed by atoms with E-state index in [0.29, 0.717) is 16.0 Å². The molecule has 0 fully saturated rings. The Bertz CT molecular complexity index is 739. The topological polar surface area (TPSA) is 30.2 Å². The molecule has 0 atom stereocenters. The van der Waals surface area contributed by atoms with E-state index in [0.717, 1.165) is 15.6 Å². The summed E-state index contributed by atoms with van der Waals surface area (Å²) in [6.07, 6.45) is 1.73. The molecule has 0 N–H and O–H groups in total. The number of halogens is 3. The molecule has 0 radical (unpaired) electrons. The van der Waals surface area contributed by atoms with Crippen molar-refractivity contribution in [2.24, 2.45) is 0 Å². The smallest absolute Gasteiger partial charge is 0.166 e. The van der Waals surface area contributed by atoms with Gasteiger partial charge in [-0.05, 0) is 17.7 Å². The SMILES string of the molecule is Clc1cc(Cl)n2ncc(-c3cccc(Br)c3)c2n1. The minimum Gasteiger partial charge on any atom is -0.216 e. The summed E-state index contributed by atoms with van der Waals surface area (Å²) in [5.74, 6) is 0. The summed E-state index contributed by atoms with van der Waals surface area (Å²) in [5.41, 5.74) is 2.54. The van der Waals surface area contributed by atoms with Gasteiger partial charge in [0.25, 0.3) is 0 Å². The second-order valence-corrected chi connectivity index (χ2v) is 5.40. The third-order valence-electron chi connectivity index (χ3n) is 2.53. The van der Waals surface area contributed by atoms with Crippen molar-refractivity contribution in [3.05, 3.63) is 51.3 Å². The van der Waals surface area contributed by atoms with Gasteiger partial charge in [0.1, 0.15) is 10.3 Å². The predicted octanol–water partition coefficient (Wildman–Crippen LogP) is 4.47. The van der Waals surface area contributed by atoms with Crippen molar-refractivity contribution in [2.75, 3.05) is 0 Å². The van der Waals surface area contributed by atoms with Crippen molar-refractivity contribution in [2.45, 2.75) is 0 Å². The minimum absolute atomic E-state index is 0.351. The zero-order valence-electron chi connectivity index (χ0n) is 8.94. The summed E-state index contributed by atoms with van der Waals surface area (Å²) in [4.78, 5) is 4.27. The molecule has 0 unspecified atom stereocenters. The molecule has 2 heterocycles. The van der Waals surface area contributed by atoms with Gasteiger partial charge in [-0.3, -0.25) is 0 Å². The fraction of sp³-hybridized carbons (Fsp3) is 0. The van der Waals surface area contributed by atoms with Crippen LogP contribution in [-0.2, 0) is 0 Å². The Labute approximate surface area is 121 Å². The fourth-order valence-corrected chi connectivity index (χ4v) is 2.62. The van der Waals surface area contributed by atoms with Gasteiger partial charge in [-0.1, -0.05) is 51.3 Å². The van der Waals surface area contributed by atoms with Crippen LogP contribution in [0, 0.1) is 0 Å². The molecule has 0 saturated carbocycles. The molecule has 0 aliphatic carbocycles. The Balaban J connectivity index is 2.30. The van der Waals surface area contributed by atoms with Gasteiger partial charge in [-0.25, -0.2) is 9.50 Å². The van der Waals surface area contributed by atoms with Crippen molar-refractivity contribution in [3.63, 3.8) is 0 Å². The normalized spacial score (nSPS) is 11.1. The van der Waals surface area contributed by atoms with Crippen molar-refractivity contribution >= 4 is 44.8 Å². The fourth-order valence-electron chi connectivity index (χ4n) is 1.76. The van der Waals surface area contributed by atoms with E-state index >= 15 is 0 Å². The van der Waals surface area contributed by atoms with E-state index in [1.807, 2.05) is 24.3 Å². The van der Waals surface area contributed by atoms with E-state index in [4.69, 9.17) is 23.2 Å². The number of rotatable bonds is 1. The van der Waals surface area contributed by atoms with Gasteiger partial charge >= 0.3 is 0 Å². The second-order valence-electron chi connectivity index (χ2n) is 3.71. The van der Waals surface area contributed by atoms with Gasteiger partial charge in [0.05, 0.1) is 6.20 Å². The standard InChI is InChI=1S/C12H6BrCl2N3/c13-8-3-1-2-7(4-8)9-6-16-18-11(15)5-10(14)17-12(9)18/h1-6H. The molecule has 1 aromatic carbocycles. The predicted molar refractivity (Wildman–Crippen MR) is 76.1 cm³/mol. The van der Waals surface area contributed by atoms with Gasteiger partial charge in [-0.15, -0.1) is 0 Å². The summed E-state index contributed by atoms with van der Waals surface area (Å²) in [5, 5.41) is 5.00. The summed E-state index contributed by atoms with van der Waals surface area (Å²) in [6, 6.07) is 9.46. The Morgan fingerprint density at radius 2 is 2.00 bits per heavy atom. The Kier molecular flexibility index (Phi) is 3.01. The van der Waals surface area contributed by atoms with Gasteiger partial charge in [0.2, 0.25) is 0 Å². The van der Waals surface area contributed by atoms with Crippen LogP contribution in [0.25, 0.3) is 16.8 Å². The Hall–Kier alpha value is -1.10. The van der Waals surface area contributed by atoms with Crippen molar-refractivity contribution < 1.29 is 0 Å². The quantitative estimate of drug-likeness (QED) is 0.611. The summed E-state index contributed by atoms with van der Waals surface area (Å²) in [6.45, 7) is 0. The molecule has 90 valence electrons. The van der Waals surface area contributed by atoms with E-state index in [9.17, 15) is 0 Å². The molecule has 0 aliphatic heterocycles. The molecule has 0 bridgehead atoms. The molecule has 3 nitrogen and oxygen atoms in total. The van der Waals surface area contributed by atoms with E-state index in [2.05, 4.69) is 26.0 Å². The average molecular weight is 343 g/mol. The van der Waals surface area contributed by atoms with Crippen LogP contribution in [0.1, 0.15) is 0 Å². The summed E-state index contributed by atoms with van der Waals surface area (Å²) < 4.78 is 2.55. The largest absolute Gasteiger partial charge is 0.216 e. The number of hydrogen-bond donors (Lipinski definition) is 0. The second kappa shape index (κ2) is 4.53. The lowest BCUT2D eigenvalue weighted by molar-refractivity contribution is 0.940. The molecule has 3 aromatic rings. The Morgan fingerprint density at radius 1 is 1.17 bits per heavy atom. The van der Waals surface area contributed by atoms with Crippen LogP contribution in [0.2, 0.25) is 10.3 Å². The molecule has 0 spiro atoms. The molecule has 18 heavy (non-hydrogen) atoms. The van der Waals surface area contributed by atoms with Gasteiger partial charge in [0.15, 0.2) is 5.65 Å². The van der Waals surface area contributed by atoms with E-state index in [1.54, 1.807) is 16.8 Å². The van der Waals surface area contributed by atoms with Gasteiger partial charge in [-0.2, -0.15) is 5.10 Å². The Morgan fingerprint density at radius 3 is 2.78 bits per heavy atom. The van der Waals surface area contributed by atoms with E-state index in [1.165, 1.54) is 0 Å². The first-order valence-corrected chi connectivity index (χ1v) is 6.66. The molecule has 3 rings (SSSR count). The lowest BCUT2D eigenvalue weighted by Gasteiger charge is -2.01. The third-order valence-corrected chi connectivity index (χ3v) is 3.49. The maximum Gasteiger partial charge on any atom is 0.166 e.